The van der Waals surface area contributed by atoms with Crippen LogP contribution in [-0.4, -0.2) is 43.8 Å². The van der Waals surface area contributed by atoms with Crippen molar-refractivity contribution in [1.29, 1.82) is 5.26 Å². The number of nitrogens with zero attached hydrogens (tertiary/aromatic N) is 3. The Morgan fingerprint density at radius 1 is 1.00 bits per heavy atom. The summed E-state index contributed by atoms with van der Waals surface area (Å²) in [6.45, 7) is 0.944. The number of quaternary nitrogens is 1. The molecule has 3 aromatic carbocycles. The van der Waals surface area contributed by atoms with Gasteiger partial charge in [-0.2, -0.15) is 18.4 Å². The predicted molar refractivity (Wildman–Crippen MR) is 148 cm³/mol. The molecule has 1 heterocycles. The van der Waals surface area contributed by atoms with Gasteiger partial charge in [-0.25, -0.2) is 0 Å². The molecule has 11 heteroatoms. The number of halogens is 4. The van der Waals surface area contributed by atoms with Crippen LogP contribution >= 0.6 is 15.9 Å². The first-order valence-corrected chi connectivity index (χ1v) is 12.7. The largest absolute Gasteiger partial charge is 0.542 e. The van der Waals surface area contributed by atoms with Crippen molar-refractivity contribution in [3.8, 4) is 6.07 Å². The van der Waals surface area contributed by atoms with Crippen molar-refractivity contribution in [2.24, 2.45) is 0 Å². The third-order valence-electron chi connectivity index (χ3n) is 5.92. The normalized spacial score (nSPS) is 11.3. The Morgan fingerprint density at radius 2 is 1.62 bits per heavy atom. The van der Waals surface area contributed by atoms with E-state index >= 15 is 0 Å². The quantitative estimate of drug-likeness (QED) is 0.317. The van der Waals surface area contributed by atoms with Crippen LogP contribution in [-0.2, 0) is 17.9 Å². The molecule has 0 fully saturated rings. The van der Waals surface area contributed by atoms with Crippen LogP contribution < -0.4 is 14.9 Å². The maximum absolute atomic E-state index is 13.3. The fraction of sp³-hybridized carbons (Fsp3) is 0.207. The van der Waals surface area contributed by atoms with Gasteiger partial charge in [-0.3, -0.25) is 9.28 Å². The number of hydrogen-bond donors (Lipinski definition) is 1. The molecule has 0 bridgehead atoms. The Hall–Kier alpha value is -4.14. The molecular formula is C29H26BrF3N4O3. The number of nitrogens with one attached hydrogen (secondary N) is 1. The van der Waals surface area contributed by atoms with Gasteiger partial charge in [0.25, 0.3) is 5.91 Å². The number of carboxylic acids is 1. The lowest BCUT2D eigenvalue weighted by Crippen LogP contribution is -2.37. The summed E-state index contributed by atoms with van der Waals surface area (Å²) < 4.78 is 35.2. The highest BCUT2D eigenvalue weighted by atomic mass is 79.9. The molecule has 1 N–H and O–H groups in total. The van der Waals surface area contributed by atoms with Gasteiger partial charge in [0.1, 0.15) is 17.4 Å². The van der Waals surface area contributed by atoms with E-state index in [0.29, 0.717) is 24.3 Å². The standard InChI is InChI=1S/C27H25BrN4O.C2HF3O2/c1-32(2,3)22-12-10-19(11-13-22)17-30-27(33)26-15-23-24(28)8-5-9-25(23)31(26)18-21-7-4-6-20(14-21)16-29;3-2(4,5)1(6)7/h4-15H,17-18H2,1-3H3;(H,6,7). The zero-order valence-electron chi connectivity index (χ0n) is 21.9. The lowest BCUT2D eigenvalue weighted by Gasteiger charge is -2.23. The summed E-state index contributed by atoms with van der Waals surface area (Å²) in [4.78, 5) is 22.0. The maximum atomic E-state index is 13.3. The number of fused-ring (bicyclic) bond motifs is 1. The van der Waals surface area contributed by atoms with E-state index in [4.69, 9.17) is 9.90 Å². The molecule has 1 amide bonds. The van der Waals surface area contributed by atoms with Crippen LogP contribution in [0.3, 0.4) is 0 Å². The summed E-state index contributed by atoms with van der Waals surface area (Å²) in [5.74, 6) is -3.14. The minimum Gasteiger partial charge on any atom is -0.542 e. The molecule has 0 unspecified atom stereocenters. The van der Waals surface area contributed by atoms with E-state index in [9.17, 15) is 23.2 Å². The highest BCUT2D eigenvalue weighted by Gasteiger charge is 2.28. The third kappa shape index (κ3) is 7.71. The Kier molecular flexibility index (Phi) is 9.40. The van der Waals surface area contributed by atoms with Gasteiger partial charge < -0.3 is 19.8 Å². The van der Waals surface area contributed by atoms with Crippen LogP contribution in [0, 0.1) is 11.3 Å². The van der Waals surface area contributed by atoms with E-state index in [1.54, 1.807) is 6.07 Å². The molecule has 0 atom stereocenters. The number of aliphatic carboxylic acids is 1. The van der Waals surface area contributed by atoms with Crippen molar-refractivity contribution < 1.29 is 27.9 Å². The minimum absolute atomic E-state index is 0.134. The van der Waals surface area contributed by atoms with Crippen LogP contribution in [0.15, 0.2) is 77.3 Å². The third-order valence-corrected chi connectivity index (χ3v) is 6.61. The van der Waals surface area contributed by atoms with Crippen LogP contribution in [0.25, 0.3) is 10.9 Å². The van der Waals surface area contributed by atoms with E-state index in [0.717, 1.165) is 31.0 Å². The molecular weight excluding hydrogens is 589 g/mol. The summed E-state index contributed by atoms with van der Waals surface area (Å²) in [5, 5.41) is 22.1. The fourth-order valence-corrected chi connectivity index (χ4v) is 4.33. The van der Waals surface area contributed by atoms with Crippen molar-refractivity contribution in [3.63, 3.8) is 0 Å². The number of alkyl halides is 3. The Bertz CT molecular complexity index is 1570. The topological polar surface area (TPSA) is 98.0 Å². The summed E-state index contributed by atoms with van der Waals surface area (Å²) >= 11 is 3.61. The average Bonchev–Trinajstić information content (AvgIpc) is 3.26. The molecule has 4 aromatic rings. The molecule has 40 heavy (non-hydrogen) atoms. The lowest BCUT2D eigenvalue weighted by molar-refractivity contribution is -0.344. The smallest absolute Gasteiger partial charge is 0.430 e. The van der Waals surface area contributed by atoms with Crippen molar-refractivity contribution in [1.82, 2.24) is 14.4 Å². The number of carboxylic acid groups (broad SMARTS) is 1. The molecule has 1 aromatic heterocycles. The lowest BCUT2D eigenvalue weighted by atomic mass is 10.1. The predicted octanol–water partition coefficient (Wildman–Crippen LogP) is 4.75. The first-order chi connectivity index (χ1) is 18.7. The molecule has 208 valence electrons. The van der Waals surface area contributed by atoms with Gasteiger partial charge in [-0.1, -0.05) is 46.3 Å². The van der Waals surface area contributed by atoms with Gasteiger partial charge >= 0.3 is 6.18 Å². The Balaban J connectivity index is 0.000000559. The second kappa shape index (κ2) is 12.4. The second-order valence-corrected chi connectivity index (χ2v) is 10.6. The number of carbonyl (C=O) groups is 2. The molecule has 4 rings (SSSR count). The van der Waals surface area contributed by atoms with E-state index in [-0.39, 0.29) is 5.91 Å². The fourth-order valence-electron chi connectivity index (χ4n) is 3.86. The monoisotopic (exact) mass is 614 g/mol. The molecule has 0 aliphatic carbocycles. The molecule has 0 spiro atoms. The Morgan fingerprint density at radius 3 is 2.20 bits per heavy atom. The maximum Gasteiger partial charge on any atom is 0.430 e. The first-order valence-electron chi connectivity index (χ1n) is 11.9. The van der Waals surface area contributed by atoms with Gasteiger partial charge in [0, 0.05) is 22.9 Å². The molecule has 0 radical (unpaired) electrons. The van der Waals surface area contributed by atoms with Crippen molar-refractivity contribution in [2.45, 2.75) is 19.3 Å². The minimum atomic E-state index is -5.19. The van der Waals surface area contributed by atoms with E-state index < -0.39 is 12.1 Å². The van der Waals surface area contributed by atoms with Crippen LogP contribution in [0.5, 0.6) is 0 Å². The number of amides is 1. The average molecular weight is 615 g/mol. The number of benzene rings is 3. The molecule has 7 nitrogen and oxygen atoms in total. The van der Waals surface area contributed by atoms with Gasteiger partial charge in [0.05, 0.1) is 38.3 Å². The molecule has 0 saturated heterocycles. The van der Waals surface area contributed by atoms with Crippen LogP contribution in [0.2, 0.25) is 0 Å². The number of nitriles is 1. The van der Waals surface area contributed by atoms with Gasteiger partial charge in [0.2, 0.25) is 0 Å². The number of carbonyl (C=O) groups excluding carboxylic acids is 2. The van der Waals surface area contributed by atoms with Crippen molar-refractivity contribution in [2.75, 3.05) is 21.1 Å². The Labute approximate surface area is 237 Å². The SMILES string of the molecule is C[N+](C)(C)c1ccc(CNC(=O)c2cc3c(Br)cccc3n2Cc2cccc(C#N)c2)cc1.O=C([O-])C(F)(F)F. The zero-order chi connectivity index (χ0) is 29.7. The van der Waals surface area contributed by atoms with Crippen LogP contribution in [0.4, 0.5) is 18.9 Å². The highest BCUT2D eigenvalue weighted by Crippen LogP contribution is 2.28. The van der Waals surface area contributed by atoms with Gasteiger partial charge in [-0.15, -0.1) is 0 Å². The zero-order valence-corrected chi connectivity index (χ0v) is 23.5. The molecule has 0 saturated carbocycles. The van der Waals surface area contributed by atoms with E-state index in [2.05, 4.69) is 72.7 Å². The highest BCUT2D eigenvalue weighted by molar-refractivity contribution is 9.10. The van der Waals surface area contributed by atoms with Gasteiger partial charge in [-0.05, 0) is 53.6 Å². The summed E-state index contributed by atoms with van der Waals surface area (Å²) in [7, 11) is 6.38. The second-order valence-electron chi connectivity index (χ2n) is 9.75. The molecule has 0 aliphatic rings. The number of rotatable bonds is 6. The summed E-state index contributed by atoms with van der Waals surface area (Å²) in [6, 6.07) is 25.8. The number of hydrogen-bond acceptors (Lipinski definition) is 4. The first kappa shape index (κ1) is 30.4. The number of aromatic nitrogens is 1. The van der Waals surface area contributed by atoms with E-state index in [1.165, 1.54) is 5.69 Å². The van der Waals surface area contributed by atoms with Crippen molar-refractivity contribution in [3.05, 3.63) is 99.7 Å². The van der Waals surface area contributed by atoms with E-state index in [1.807, 2.05) is 47.0 Å². The van der Waals surface area contributed by atoms with Crippen LogP contribution in [0.1, 0.15) is 27.2 Å². The summed E-state index contributed by atoms with van der Waals surface area (Å²) in [6.07, 6.45) is -5.19. The van der Waals surface area contributed by atoms with Crippen molar-refractivity contribution >= 4 is 44.4 Å². The summed E-state index contributed by atoms with van der Waals surface area (Å²) in [5.41, 5.74) is 5.37. The van der Waals surface area contributed by atoms with Gasteiger partial charge in [0.15, 0.2) is 0 Å². The molecule has 0 aliphatic heterocycles.